The molecule has 0 spiro atoms. The number of rotatable bonds is 5. The maximum absolute atomic E-state index is 13.9. The molecule has 1 amide bonds. The van der Waals surface area contributed by atoms with Crippen LogP contribution in [-0.4, -0.2) is 41.0 Å². The molecule has 192 valence electrons. The van der Waals surface area contributed by atoms with Gasteiger partial charge in [-0.1, -0.05) is 30.3 Å². The first kappa shape index (κ1) is 23.4. The predicted octanol–water partition coefficient (Wildman–Crippen LogP) is 6.02. The molecule has 0 bridgehead atoms. The van der Waals surface area contributed by atoms with Crippen LogP contribution in [-0.2, 0) is 0 Å². The summed E-state index contributed by atoms with van der Waals surface area (Å²) in [4.78, 5) is 34.3. The molecule has 0 aliphatic carbocycles. The van der Waals surface area contributed by atoms with Crippen LogP contribution in [0.2, 0.25) is 0 Å². The van der Waals surface area contributed by atoms with E-state index in [1.807, 2.05) is 42.5 Å². The van der Waals surface area contributed by atoms with E-state index in [1.165, 1.54) is 12.1 Å². The molecule has 7 aromatic rings. The average molecular weight is 527 g/mol. The zero-order valence-corrected chi connectivity index (χ0v) is 20.8. The molecule has 0 aliphatic heterocycles. The fourth-order valence-electron chi connectivity index (χ4n) is 4.56. The van der Waals surface area contributed by atoms with E-state index in [-0.39, 0.29) is 11.7 Å². The number of carbonyl (C=O) groups is 1. The van der Waals surface area contributed by atoms with E-state index >= 15 is 0 Å². The van der Waals surface area contributed by atoms with Crippen LogP contribution in [0.25, 0.3) is 56.1 Å². The Balaban J connectivity index is 1.25. The van der Waals surface area contributed by atoms with Crippen molar-refractivity contribution in [3.63, 3.8) is 0 Å². The van der Waals surface area contributed by atoms with Crippen molar-refractivity contribution in [1.82, 2.24) is 35.1 Å². The van der Waals surface area contributed by atoms with Crippen molar-refractivity contribution >= 4 is 33.7 Å². The molecule has 0 saturated carbocycles. The van der Waals surface area contributed by atoms with Gasteiger partial charge in [-0.05, 0) is 48.5 Å². The van der Waals surface area contributed by atoms with Crippen LogP contribution < -0.4 is 5.32 Å². The van der Waals surface area contributed by atoms with Gasteiger partial charge in [-0.15, -0.1) is 0 Å². The van der Waals surface area contributed by atoms with E-state index in [0.717, 1.165) is 16.6 Å². The molecule has 2 aromatic carbocycles. The lowest BCUT2D eigenvalue weighted by Crippen LogP contribution is -2.11. The van der Waals surface area contributed by atoms with Gasteiger partial charge in [0.05, 0.1) is 34.3 Å². The van der Waals surface area contributed by atoms with Crippen LogP contribution in [0.4, 0.5) is 10.1 Å². The highest BCUT2D eigenvalue weighted by Crippen LogP contribution is 2.31. The number of pyridine rings is 3. The summed E-state index contributed by atoms with van der Waals surface area (Å²) < 4.78 is 13.9. The minimum Gasteiger partial charge on any atom is -0.336 e. The molecule has 0 unspecified atom stereocenters. The van der Waals surface area contributed by atoms with Crippen LogP contribution in [0.1, 0.15) is 10.4 Å². The monoisotopic (exact) mass is 526 g/mol. The Morgan fingerprint density at radius 1 is 0.800 bits per heavy atom. The highest BCUT2D eigenvalue weighted by Gasteiger charge is 2.18. The van der Waals surface area contributed by atoms with Crippen LogP contribution in [0.15, 0.2) is 97.5 Å². The Morgan fingerprint density at radius 3 is 2.55 bits per heavy atom. The molecule has 7 rings (SSSR count). The summed E-state index contributed by atoms with van der Waals surface area (Å²) >= 11 is 0. The van der Waals surface area contributed by atoms with Gasteiger partial charge in [0.2, 0.25) is 0 Å². The smallest absolute Gasteiger partial charge is 0.255 e. The van der Waals surface area contributed by atoms with Crippen molar-refractivity contribution in [3.8, 4) is 34.0 Å². The van der Waals surface area contributed by atoms with Crippen molar-refractivity contribution in [2.24, 2.45) is 0 Å². The maximum atomic E-state index is 13.9. The van der Waals surface area contributed by atoms with E-state index in [4.69, 9.17) is 9.97 Å². The summed E-state index contributed by atoms with van der Waals surface area (Å²) in [6.07, 6.45) is 4.93. The number of anilines is 1. The molecule has 0 fully saturated rings. The van der Waals surface area contributed by atoms with Gasteiger partial charge in [-0.25, -0.2) is 14.4 Å². The number of fused-ring (bicyclic) bond motifs is 2. The second-order valence-corrected chi connectivity index (χ2v) is 9.10. The van der Waals surface area contributed by atoms with Crippen LogP contribution >= 0.6 is 0 Å². The van der Waals surface area contributed by atoms with Crippen molar-refractivity contribution in [3.05, 3.63) is 109 Å². The van der Waals surface area contributed by atoms with Crippen molar-refractivity contribution < 1.29 is 9.18 Å². The lowest BCUT2D eigenvalue weighted by molar-refractivity contribution is 0.102. The number of H-pyrrole nitrogens is 2. The Morgan fingerprint density at radius 2 is 1.68 bits per heavy atom. The number of hydrogen-bond acceptors (Lipinski definition) is 6. The number of halogens is 1. The number of aromatic amines is 2. The third-order valence-electron chi connectivity index (χ3n) is 6.46. The second-order valence-electron chi connectivity index (χ2n) is 9.10. The Hall–Kier alpha value is -5.77. The molecule has 0 aliphatic rings. The summed E-state index contributed by atoms with van der Waals surface area (Å²) in [6.45, 7) is 0. The van der Waals surface area contributed by atoms with Gasteiger partial charge in [0.1, 0.15) is 16.9 Å². The predicted molar refractivity (Wildman–Crippen MR) is 150 cm³/mol. The minimum atomic E-state index is -0.347. The Labute approximate surface area is 226 Å². The quantitative estimate of drug-likeness (QED) is 0.252. The van der Waals surface area contributed by atoms with Crippen LogP contribution in [0.5, 0.6) is 0 Å². The fourth-order valence-corrected chi connectivity index (χ4v) is 4.56. The van der Waals surface area contributed by atoms with Gasteiger partial charge in [0.25, 0.3) is 5.91 Å². The first-order valence-corrected chi connectivity index (χ1v) is 12.4. The lowest BCUT2D eigenvalue weighted by atomic mass is 10.1. The number of aromatic nitrogens is 7. The molecular formula is C30H19FN8O. The van der Waals surface area contributed by atoms with Gasteiger partial charge in [-0.2, -0.15) is 5.10 Å². The summed E-state index contributed by atoms with van der Waals surface area (Å²) in [5, 5.41) is 10.4. The number of hydrogen-bond donors (Lipinski definition) is 3. The maximum Gasteiger partial charge on any atom is 0.255 e. The number of carbonyl (C=O) groups excluding carboxylic acids is 1. The molecule has 0 saturated heterocycles. The van der Waals surface area contributed by atoms with Gasteiger partial charge in [-0.3, -0.25) is 19.9 Å². The van der Waals surface area contributed by atoms with Crippen molar-refractivity contribution in [2.75, 3.05) is 5.32 Å². The number of nitrogens with one attached hydrogen (secondary N) is 3. The molecular weight excluding hydrogens is 507 g/mol. The number of imidazole rings is 1. The van der Waals surface area contributed by atoms with Crippen LogP contribution in [0, 0.1) is 5.82 Å². The van der Waals surface area contributed by atoms with Gasteiger partial charge in [0.15, 0.2) is 11.5 Å². The fraction of sp³-hybridized carbons (Fsp3) is 0. The van der Waals surface area contributed by atoms with E-state index < -0.39 is 0 Å². The normalized spacial score (nSPS) is 11.2. The third kappa shape index (κ3) is 4.23. The molecule has 5 aromatic heterocycles. The zero-order valence-electron chi connectivity index (χ0n) is 20.8. The molecule has 5 heterocycles. The topological polar surface area (TPSA) is 125 Å². The minimum absolute atomic E-state index is 0.225. The van der Waals surface area contributed by atoms with E-state index in [9.17, 15) is 9.18 Å². The number of nitrogens with zero attached hydrogens (tertiary/aromatic N) is 5. The third-order valence-corrected chi connectivity index (χ3v) is 6.46. The van der Waals surface area contributed by atoms with Crippen LogP contribution in [0.3, 0.4) is 0 Å². The highest BCUT2D eigenvalue weighted by atomic mass is 19.1. The standard InChI is InChI=1S/C30H19FN8O/c31-20-8-4-7-18(13-20)25-26-23(11-12-33-25)36-29(37-26)28-27-24(38-39-28)10-9-22(35-27)19-14-21(16-32-15-19)34-30(40)17-5-2-1-3-6-17/h1-16H,(H,34,40)(H,36,37)(H,38,39). The molecule has 10 heteroatoms. The number of amides is 1. The second kappa shape index (κ2) is 9.52. The first-order chi connectivity index (χ1) is 19.6. The molecule has 40 heavy (non-hydrogen) atoms. The number of benzene rings is 2. The Kier molecular flexibility index (Phi) is 5.56. The average Bonchev–Trinajstić information content (AvgIpc) is 3.61. The summed E-state index contributed by atoms with van der Waals surface area (Å²) in [5.41, 5.74) is 6.87. The summed E-state index contributed by atoms with van der Waals surface area (Å²) in [5.74, 6) is -0.0732. The molecule has 0 atom stereocenters. The van der Waals surface area contributed by atoms with Gasteiger partial charge in [0, 0.05) is 29.1 Å². The van der Waals surface area contributed by atoms with E-state index in [0.29, 0.717) is 50.8 Å². The summed E-state index contributed by atoms with van der Waals surface area (Å²) in [7, 11) is 0. The van der Waals surface area contributed by atoms with E-state index in [1.54, 1.807) is 42.9 Å². The van der Waals surface area contributed by atoms with Gasteiger partial charge >= 0.3 is 0 Å². The molecule has 9 nitrogen and oxygen atoms in total. The highest BCUT2D eigenvalue weighted by molar-refractivity contribution is 6.04. The SMILES string of the molecule is O=C(Nc1cncc(-c2ccc3[nH]nc(-c4nc5c(-c6cccc(F)c6)nccc5[nH]4)c3n2)c1)c1ccccc1. The Bertz CT molecular complexity index is 2030. The molecule has 3 N–H and O–H groups in total. The first-order valence-electron chi connectivity index (χ1n) is 12.4. The van der Waals surface area contributed by atoms with E-state index in [2.05, 4.69) is 30.5 Å². The van der Waals surface area contributed by atoms with Crippen molar-refractivity contribution in [1.29, 1.82) is 0 Å². The lowest BCUT2D eigenvalue weighted by Gasteiger charge is -2.07. The summed E-state index contributed by atoms with van der Waals surface area (Å²) in [6, 6.07) is 22.6. The largest absolute Gasteiger partial charge is 0.336 e. The van der Waals surface area contributed by atoms with Gasteiger partial charge < -0.3 is 10.3 Å². The van der Waals surface area contributed by atoms with Crippen molar-refractivity contribution in [2.45, 2.75) is 0 Å². The molecule has 0 radical (unpaired) electrons. The zero-order chi connectivity index (χ0) is 27.1.